The van der Waals surface area contributed by atoms with E-state index in [4.69, 9.17) is 4.74 Å². The Kier molecular flexibility index (Phi) is 4.21. The van der Waals surface area contributed by atoms with Crippen LogP contribution >= 0.6 is 15.9 Å². The van der Waals surface area contributed by atoms with E-state index < -0.39 is 0 Å². The summed E-state index contributed by atoms with van der Waals surface area (Å²) >= 11 is 3.56. The second kappa shape index (κ2) is 5.78. The number of ether oxygens (including phenoxy) is 1. The number of halogens is 1. The molecule has 2 aliphatic rings. The van der Waals surface area contributed by atoms with E-state index >= 15 is 0 Å². The lowest BCUT2D eigenvalue weighted by Crippen LogP contribution is -2.39. The van der Waals surface area contributed by atoms with Gasteiger partial charge in [0.25, 0.3) is 0 Å². The van der Waals surface area contributed by atoms with Gasteiger partial charge in [-0.3, -0.25) is 0 Å². The van der Waals surface area contributed by atoms with Gasteiger partial charge < -0.3 is 9.84 Å². The van der Waals surface area contributed by atoms with Crippen molar-refractivity contribution in [3.05, 3.63) is 33.8 Å². The van der Waals surface area contributed by atoms with E-state index in [2.05, 4.69) is 28.9 Å². The van der Waals surface area contributed by atoms with Crippen molar-refractivity contribution in [1.82, 2.24) is 0 Å². The molecule has 3 heteroatoms. The Balaban J connectivity index is 1.79. The standard InChI is InChI=1S/C17H23BrO2/c1-12-14(5-4-6-15(12)18)16(19)13-7-10-20-17(11-13)8-2-3-9-17/h4-6,13,16,19H,2-3,7-11H2,1H3. The van der Waals surface area contributed by atoms with Gasteiger partial charge in [0.1, 0.15) is 0 Å². The van der Waals surface area contributed by atoms with E-state index in [1.54, 1.807) is 0 Å². The molecule has 2 atom stereocenters. The van der Waals surface area contributed by atoms with Crippen molar-refractivity contribution in [2.24, 2.45) is 5.92 Å². The maximum atomic E-state index is 10.8. The normalized spacial score (nSPS) is 26.9. The van der Waals surface area contributed by atoms with Crippen LogP contribution in [0.25, 0.3) is 0 Å². The van der Waals surface area contributed by atoms with Gasteiger partial charge in [-0.1, -0.05) is 40.9 Å². The van der Waals surface area contributed by atoms with Gasteiger partial charge in [-0.05, 0) is 55.7 Å². The van der Waals surface area contributed by atoms with Gasteiger partial charge in [-0.2, -0.15) is 0 Å². The van der Waals surface area contributed by atoms with Gasteiger partial charge in [0, 0.05) is 11.1 Å². The molecule has 1 saturated heterocycles. The summed E-state index contributed by atoms with van der Waals surface area (Å²) < 4.78 is 7.16. The summed E-state index contributed by atoms with van der Waals surface area (Å²) in [6, 6.07) is 6.11. The first-order valence-corrected chi connectivity index (χ1v) is 8.48. The lowest BCUT2D eigenvalue weighted by molar-refractivity contribution is -0.113. The first kappa shape index (κ1) is 14.6. The number of rotatable bonds is 2. The molecule has 1 spiro atoms. The van der Waals surface area contributed by atoms with Crippen molar-refractivity contribution in [3.63, 3.8) is 0 Å². The number of aliphatic hydroxyl groups is 1. The van der Waals surface area contributed by atoms with Crippen molar-refractivity contribution in [2.75, 3.05) is 6.61 Å². The van der Waals surface area contributed by atoms with E-state index in [0.29, 0.717) is 5.92 Å². The van der Waals surface area contributed by atoms with Crippen LogP contribution in [0.3, 0.4) is 0 Å². The lowest BCUT2D eigenvalue weighted by Gasteiger charge is -2.40. The van der Waals surface area contributed by atoms with Gasteiger partial charge in [-0.15, -0.1) is 0 Å². The number of hydrogen-bond acceptors (Lipinski definition) is 2. The van der Waals surface area contributed by atoms with Crippen LogP contribution in [0.5, 0.6) is 0 Å². The molecule has 3 rings (SSSR count). The zero-order valence-corrected chi connectivity index (χ0v) is 13.7. The maximum Gasteiger partial charge on any atom is 0.0823 e. The minimum Gasteiger partial charge on any atom is -0.388 e. The monoisotopic (exact) mass is 338 g/mol. The molecule has 2 nitrogen and oxygen atoms in total. The number of benzene rings is 1. The molecule has 0 radical (unpaired) electrons. The molecule has 2 unspecified atom stereocenters. The molecule has 1 aliphatic carbocycles. The third-order valence-corrected chi connectivity index (χ3v) is 5.98. The summed E-state index contributed by atoms with van der Waals surface area (Å²) in [5.74, 6) is 0.329. The van der Waals surface area contributed by atoms with Crippen LogP contribution in [0.4, 0.5) is 0 Å². The quantitative estimate of drug-likeness (QED) is 0.858. The molecule has 1 aromatic carbocycles. The fourth-order valence-electron chi connectivity index (χ4n) is 3.90. The summed E-state index contributed by atoms with van der Waals surface area (Å²) in [5, 5.41) is 10.8. The Bertz CT molecular complexity index is 480. The average Bonchev–Trinajstić information content (AvgIpc) is 2.89. The van der Waals surface area contributed by atoms with Crippen LogP contribution in [-0.2, 0) is 4.74 Å². The first-order chi connectivity index (χ1) is 9.61. The van der Waals surface area contributed by atoms with Crippen molar-refractivity contribution >= 4 is 15.9 Å². The fourth-order valence-corrected chi connectivity index (χ4v) is 4.28. The molecular weight excluding hydrogens is 316 g/mol. The van der Waals surface area contributed by atoms with Crippen LogP contribution in [0, 0.1) is 12.8 Å². The smallest absolute Gasteiger partial charge is 0.0823 e. The molecule has 1 saturated carbocycles. The Morgan fingerprint density at radius 3 is 2.85 bits per heavy atom. The second-order valence-corrected chi connectivity index (χ2v) is 7.24. The molecule has 110 valence electrons. The predicted molar refractivity (Wildman–Crippen MR) is 83.7 cm³/mol. The van der Waals surface area contributed by atoms with Crippen molar-refractivity contribution < 1.29 is 9.84 Å². The molecule has 0 bridgehead atoms. The summed E-state index contributed by atoms with van der Waals surface area (Å²) in [5.41, 5.74) is 2.30. The summed E-state index contributed by atoms with van der Waals surface area (Å²) in [6.07, 6.45) is 6.52. The van der Waals surface area contributed by atoms with E-state index in [0.717, 1.165) is 35.0 Å². The topological polar surface area (TPSA) is 29.5 Å². The highest BCUT2D eigenvalue weighted by atomic mass is 79.9. The molecule has 0 aromatic heterocycles. The molecule has 1 heterocycles. The average molecular weight is 339 g/mol. The second-order valence-electron chi connectivity index (χ2n) is 6.39. The van der Waals surface area contributed by atoms with Crippen molar-refractivity contribution in [2.45, 2.75) is 57.2 Å². The van der Waals surface area contributed by atoms with Crippen LogP contribution < -0.4 is 0 Å². The minimum atomic E-state index is -0.367. The van der Waals surface area contributed by atoms with Crippen LogP contribution in [0.1, 0.15) is 55.8 Å². The highest BCUT2D eigenvalue weighted by Crippen LogP contribution is 2.45. The zero-order valence-electron chi connectivity index (χ0n) is 12.1. The van der Waals surface area contributed by atoms with E-state index in [1.165, 1.54) is 25.7 Å². The van der Waals surface area contributed by atoms with Crippen LogP contribution in [-0.4, -0.2) is 17.3 Å². The summed E-state index contributed by atoms with van der Waals surface area (Å²) in [7, 11) is 0. The first-order valence-electron chi connectivity index (χ1n) is 7.68. The molecule has 20 heavy (non-hydrogen) atoms. The largest absolute Gasteiger partial charge is 0.388 e. The van der Waals surface area contributed by atoms with Crippen LogP contribution in [0.2, 0.25) is 0 Å². The van der Waals surface area contributed by atoms with Gasteiger partial charge in [-0.25, -0.2) is 0 Å². The Hall–Kier alpha value is -0.380. The van der Waals surface area contributed by atoms with Crippen LogP contribution in [0.15, 0.2) is 22.7 Å². The van der Waals surface area contributed by atoms with Gasteiger partial charge >= 0.3 is 0 Å². The van der Waals surface area contributed by atoms with Gasteiger partial charge in [0.05, 0.1) is 11.7 Å². The highest BCUT2D eigenvalue weighted by molar-refractivity contribution is 9.10. The maximum absolute atomic E-state index is 10.8. The van der Waals surface area contributed by atoms with Gasteiger partial charge in [0.2, 0.25) is 0 Å². The van der Waals surface area contributed by atoms with E-state index in [9.17, 15) is 5.11 Å². The molecule has 1 aliphatic heterocycles. The van der Waals surface area contributed by atoms with Crippen molar-refractivity contribution in [1.29, 1.82) is 0 Å². The molecular formula is C17H23BrO2. The van der Waals surface area contributed by atoms with Gasteiger partial charge in [0.15, 0.2) is 0 Å². The summed E-state index contributed by atoms with van der Waals surface area (Å²) in [4.78, 5) is 0. The minimum absolute atomic E-state index is 0.0732. The molecule has 1 aromatic rings. The molecule has 1 N–H and O–H groups in total. The Morgan fingerprint density at radius 2 is 2.10 bits per heavy atom. The van der Waals surface area contributed by atoms with Crippen molar-refractivity contribution in [3.8, 4) is 0 Å². The summed E-state index contributed by atoms with van der Waals surface area (Å²) in [6.45, 7) is 2.88. The SMILES string of the molecule is Cc1c(Br)cccc1C(O)C1CCOC2(CCCC2)C1. The lowest BCUT2D eigenvalue weighted by atomic mass is 9.79. The molecule has 2 fully saturated rings. The third kappa shape index (κ3) is 2.68. The fraction of sp³-hybridized carbons (Fsp3) is 0.647. The number of aliphatic hydroxyl groups excluding tert-OH is 1. The Morgan fingerprint density at radius 1 is 1.35 bits per heavy atom. The zero-order chi connectivity index (χ0) is 14.2. The number of hydrogen-bond donors (Lipinski definition) is 1. The third-order valence-electron chi connectivity index (χ3n) is 5.12. The van der Waals surface area contributed by atoms with E-state index in [1.807, 2.05) is 12.1 Å². The predicted octanol–water partition coefficient (Wildman–Crippen LogP) is 4.53. The highest BCUT2D eigenvalue weighted by Gasteiger charge is 2.42. The molecule has 0 amide bonds. The van der Waals surface area contributed by atoms with E-state index in [-0.39, 0.29) is 11.7 Å². The Labute approximate surface area is 129 Å².